The van der Waals surface area contributed by atoms with E-state index in [2.05, 4.69) is 10.6 Å². The van der Waals surface area contributed by atoms with E-state index in [1.54, 1.807) is 0 Å². The molecule has 0 unspecified atom stereocenters. The average Bonchev–Trinajstić information content (AvgIpc) is 2.74. The summed E-state index contributed by atoms with van der Waals surface area (Å²) in [7, 11) is 0. The minimum atomic E-state index is -0.356. The lowest BCUT2D eigenvalue weighted by molar-refractivity contribution is -0.125. The minimum Gasteiger partial charge on any atom is -0.483 e. The van der Waals surface area contributed by atoms with Crippen molar-refractivity contribution in [2.75, 3.05) is 18.5 Å². The zero-order valence-electron chi connectivity index (χ0n) is 17.5. The quantitative estimate of drug-likeness (QED) is 0.615. The van der Waals surface area contributed by atoms with Gasteiger partial charge in [-0.15, -0.1) is 0 Å². The summed E-state index contributed by atoms with van der Waals surface area (Å²) >= 11 is 0. The Hall–Kier alpha value is -3.60. The SMILES string of the molecule is Cc1cc(C)c(NC(=O)CNC(=O)COc2ccccc2-c2ccccc2)c(C)c1. The van der Waals surface area contributed by atoms with E-state index in [1.807, 2.05) is 87.5 Å². The van der Waals surface area contributed by atoms with Crippen molar-refractivity contribution in [2.45, 2.75) is 20.8 Å². The molecule has 2 amide bonds. The van der Waals surface area contributed by atoms with Gasteiger partial charge < -0.3 is 15.4 Å². The highest BCUT2D eigenvalue weighted by molar-refractivity contribution is 5.96. The lowest BCUT2D eigenvalue weighted by atomic mass is 10.1. The van der Waals surface area contributed by atoms with Gasteiger partial charge in [0.05, 0.1) is 6.54 Å². The average molecular weight is 402 g/mol. The Morgan fingerprint density at radius 1 is 0.833 bits per heavy atom. The second-order valence-electron chi connectivity index (χ2n) is 7.25. The summed E-state index contributed by atoms with van der Waals surface area (Å²) in [5.74, 6) is -0.0114. The maximum Gasteiger partial charge on any atom is 0.258 e. The van der Waals surface area contributed by atoms with Crippen molar-refractivity contribution in [1.82, 2.24) is 5.32 Å². The Morgan fingerprint density at radius 3 is 2.17 bits per heavy atom. The number of carbonyl (C=O) groups excluding carboxylic acids is 2. The molecular formula is C25H26N2O3. The molecule has 0 saturated heterocycles. The Balaban J connectivity index is 1.53. The molecule has 0 saturated carbocycles. The van der Waals surface area contributed by atoms with Gasteiger partial charge in [-0.25, -0.2) is 0 Å². The standard InChI is InChI=1S/C25H26N2O3/c1-17-13-18(2)25(19(3)14-17)27-23(28)15-26-24(29)16-30-22-12-8-7-11-21(22)20-9-5-4-6-10-20/h4-14H,15-16H2,1-3H3,(H,26,29)(H,27,28). The third-order valence-electron chi connectivity index (χ3n) is 4.72. The van der Waals surface area contributed by atoms with Crippen molar-refractivity contribution in [1.29, 1.82) is 0 Å². The fourth-order valence-electron chi connectivity index (χ4n) is 3.38. The number of anilines is 1. The van der Waals surface area contributed by atoms with E-state index >= 15 is 0 Å². The Labute approximate surface area is 177 Å². The van der Waals surface area contributed by atoms with Crippen LogP contribution >= 0.6 is 0 Å². The summed E-state index contributed by atoms with van der Waals surface area (Å²) in [5.41, 5.74) is 5.84. The van der Waals surface area contributed by atoms with E-state index in [1.165, 1.54) is 0 Å². The van der Waals surface area contributed by atoms with Crippen LogP contribution in [0.2, 0.25) is 0 Å². The minimum absolute atomic E-state index is 0.116. The Bertz CT molecular complexity index is 1020. The summed E-state index contributed by atoms with van der Waals surface area (Å²) in [6.07, 6.45) is 0. The number of para-hydroxylation sites is 1. The van der Waals surface area contributed by atoms with Crippen LogP contribution in [-0.2, 0) is 9.59 Å². The molecule has 154 valence electrons. The van der Waals surface area contributed by atoms with Crippen molar-refractivity contribution >= 4 is 17.5 Å². The molecule has 0 aliphatic carbocycles. The molecule has 3 aromatic rings. The molecule has 0 heterocycles. The van der Waals surface area contributed by atoms with Crippen LogP contribution in [0.5, 0.6) is 5.75 Å². The van der Waals surface area contributed by atoms with E-state index in [-0.39, 0.29) is 25.0 Å². The molecule has 5 heteroatoms. The largest absolute Gasteiger partial charge is 0.483 e. The summed E-state index contributed by atoms with van der Waals surface area (Å²) in [5, 5.41) is 5.48. The number of hydrogen-bond donors (Lipinski definition) is 2. The molecule has 0 fully saturated rings. The van der Waals surface area contributed by atoms with Crippen LogP contribution in [0.1, 0.15) is 16.7 Å². The van der Waals surface area contributed by atoms with Crippen LogP contribution in [0.3, 0.4) is 0 Å². The van der Waals surface area contributed by atoms with Gasteiger partial charge in [-0.05, 0) is 43.5 Å². The zero-order valence-corrected chi connectivity index (χ0v) is 17.5. The fourth-order valence-corrected chi connectivity index (χ4v) is 3.38. The topological polar surface area (TPSA) is 67.4 Å². The first-order valence-corrected chi connectivity index (χ1v) is 9.85. The van der Waals surface area contributed by atoms with E-state index < -0.39 is 0 Å². The Morgan fingerprint density at radius 2 is 1.47 bits per heavy atom. The van der Waals surface area contributed by atoms with Gasteiger partial charge in [0.25, 0.3) is 5.91 Å². The first kappa shape index (κ1) is 21.1. The van der Waals surface area contributed by atoms with Crippen molar-refractivity contribution < 1.29 is 14.3 Å². The smallest absolute Gasteiger partial charge is 0.258 e. The van der Waals surface area contributed by atoms with Crippen LogP contribution in [-0.4, -0.2) is 25.0 Å². The predicted octanol–water partition coefficient (Wildman–Crippen LogP) is 4.41. The highest BCUT2D eigenvalue weighted by Gasteiger charge is 2.11. The molecule has 0 radical (unpaired) electrons. The lowest BCUT2D eigenvalue weighted by Crippen LogP contribution is -2.36. The number of aryl methyl sites for hydroxylation is 3. The highest BCUT2D eigenvalue weighted by atomic mass is 16.5. The van der Waals surface area contributed by atoms with Crippen LogP contribution in [0.25, 0.3) is 11.1 Å². The number of carbonyl (C=O) groups is 2. The van der Waals surface area contributed by atoms with Crippen LogP contribution in [0.15, 0.2) is 66.7 Å². The second kappa shape index (κ2) is 9.74. The first-order chi connectivity index (χ1) is 14.4. The van der Waals surface area contributed by atoms with Gasteiger partial charge in [-0.1, -0.05) is 66.2 Å². The maximum absolute atomic E-state index is 12.3. The van der Waals surface area contributed by atoms with Crippen LogP contribution in [0.4, 0.5) is 5.69 Å². The molecule has 0 bridgehead atoms. The number of rotatable bonds is 7. The first-order valence-electron chi connectivity index (χ1n) is 9.85. The van der Waals surface area contributed by atoms with Gasteiger partial charge >= 0.3 is 0 Å². The highest BCUT2D eigenvalue weighted by Crippen LogP contribution is 2.29. The normalized spacial score (nSPS) is 10.4. The molecule has 2 N–H and O–H groups in total. The number of hydrogen-bond acceptors (Lipinski definition) is 3. The maximum atomic E-state index is 12.3. The number of benzene rings is 3. The Kier molecular flexibility index (Phi) is 6.86. The molecule has 0 aromatic heterocycles. The number of nitrogens with one attached hydrogen (secondary N) is 2. The molecule has 3 aromatic carbocycles. The number of amides is 2. The molecule has 0 spiro atoms. The molecule has 30 heavy (non-hydrogen) atoms. The zero-order chi connectivity index (χ0) is 21.5. The second-order valence-corrected chi connectivity index (χ2v) is 7.25. The van der Waals surface area contributed by atoms with Crippen molar-refractivity contribution in [2.24, 2.45) is 0 Å². The van der Waals surface area contributed by atoms with E-state index in [0.29, 0.717) is 5.75 Å². The molecule has 0 aliphatic heterocycles. The fraction of sp³-hybridized carbons (Fsp3) is 0.200. The molecular weight excluding hydrogens is 376 g/mol. The van der Waals surface area contributed by atoms with Gasteiger partial charge in [0.1, 0.15) is 5.75 Å². The van der Waals surface area contributed by atoms with Gasteiger partial charge in [-0.3, -0.25) is 9.59 Å². The lowest BCUT2D eigenvalue weighted by Gasteiger charge is -2.14. The van der Waals surface area contributed by atoms with E-state index in [9.17, 15) is 9.59 Å². The van der Waals surface area contributed by atoms with Gasteiger partial charge in [-0.2, -0.15) is 0 Å². The summed E-state index contributed by atoms with van der Waals surface area (Å²) in [6, 6.07) is 21.4. The third kappa shape index (κ3) is 5.47. The van der Waals surface area contributed by atoms with Gasteiger partial charge in [0.15, 0.2) is 6.61 Å². The van der Waals surface area contributed by atoms with Crippen molar-refractivity contribution in [3.05, 3.63) is 83.4 Å². The van der Waals surface area contributed by atoms with Gasteiger partial charge in [0, 0.05) is 11.3 Å². The predicted molar refractivity (Wildman–Crippen MR) is 120 cm³/mol. The summed E-state index contributed by atoms with van der Waals surface area (Å²) in [4.78, 5) is 24.4. The van der Waals surface area contributed by atoms with Gasteiger partial charge in [0.2, 0.25) is 5.91 Å². The molecule has 3 rings (SSSR count). The summed E-state index contributed by atoms with van der Waals surface area (Å²) in [6.45, 7) is 5.63. The molecule has 0 atom stereocenters. The monoisotopic (exact) mass is 402 g/mol. The third-order valence-corrected chi connectivity index (χ3v) is 4.72. The van der Waals surface area contributed by atoms with Crippen LogP contribution < -0.4 is 15.4 Å². The van der Waals surface area contributed by atoms with E-state index in [0.717, 1.165) is 33.5 Å². The molecule has 0 aliphatic rings. The van der Waals surface area contributed by atoms with Crippen molar-refractivity contribution in [3.63, 3.8) is 0 Å². The number of ether oxygens (including phenoxy) is 1. The van der Waals surface area contributed by atoms with Crippen LogP contribution in [0, 0.1) is 20.8 Å². The van der Waals surface area contributed by atoms with Crippen molar-refractivity contribution in [3.8, 4) is 16.9 Å². The molecule has 5 nitrogen and oxygen atoms in total. The van der Waals surface area contributed by atoms with E-state index in [4.69, 9.17) is 4.74 Å². The summed E-state index contributed by atoms with van der Waals surface area (Å²) < 4.78 is 5.71.